The first kappa shape index (κ1) is 21.5. The largest absolute Gasteiger partial charge is 0.478 e. The first-order chi connectivity index (χ1) is 16.2. The van der Waals surface area contributed by atoms with E-state index < -0.39 is 21.8 Å². The number of oxazole rings is 1. The van der Waals surface area contributed by atoms with Crippen LogP contribution in [0, 0.1) is 5.82 Å². The lowest BCUT2D eigenvalue weighted by atomic mass is 10.0. The van der Waals surface area contributed by atoms with Crippen LogP contribution >= 0.6 is 0 Å². The van der Waals surface area contributed by atoms with E-state index in [1.165, 1.54) is 18.2 Å². The molecule has 0 amide bonds. The lowest BCUT2D eigenvalue weighted by Gasteiger charge is -2.09. The van der Waals surface area contributed by atoms with Crippen molar-refractivity contribution in [2.75, 3.05) is 11.0 Å². The number of nitrogens with one attached hydrogen (secondary N) is 1. The maximum atomic E-state index is 14.2. The molecule has 0 fully saturated rings. The number of sulfonamides is 1. The van der Waals surface area contributed by atoms with Crippen molar-refractivity contribution in [3.63, 3.8) is 0 Å². The van der Waals surface area contributed by atoms with Gasteiger partial charge in [-0.2, -0.15) is 0 Å². The molecule has 3 aromatic carbocycles. The van der Waals surface area contributed by atoms with E-state index >= 15 is 0 Å². The summed E-state index contributed by atoms with van der Waals surface area (Å²) in [5.41, 5.74) is 2.37. The Labute approximate surface area is 192 Å². The summed E-state index contributed by atoms with van der Waals surface area (Å²) in [7, 11) is -3.43. The van der Waals surface area contributed by atoms with Gasteiger partial charge >= 0.3 is 5.97 Å². The summed E-state index contributed by atoms with van der Waals surface area (Å²) in [6.45, 7) is 0. The van der Waals surface area contributed by atoms with Crippen molar-refractivity contribution in [2.45, 2.75) is 0 Å². The fraction of sp³-hybridized carbons (Fsp3) is 0.0417. The van der Waals surface area contributed by atoms with E-state index in [1.807, 2.05) is 0 Å². The van der Waals surface area contributed by atoms with Gasteiger partial charge in [0.15, 0.2) is 5.58 Å². The maximum Gasteiger partial charge on any atom is 0.336 e. The van der Waals surface area contributed by atoms with E-state index in [0.717, 1.165) is 6.26 Å². The highest BCUT2D eigenvalue weighted by Crippen LogP contribution is 2.34. The number of rotatable bonds is 5. The van der Waals surface area contributed by atoms with Crippen LogP contribution in [0.15, 0.2) is 71.1 Å². The molecule has 0 bridgehead atoms. The number of carbonyl (C=O) groups is 1. The highest BCUT2D eigenvalue weighted by Gasteiger charge is 2.20. The van der Waals surface area contributed by atoms with Crippen LogP contribution in [0.2, 0.25) is 0 Å². The minimum absolute atomic E-state index is 0.0370. The van der Waals surface area contributed by atoms with E-state index in [9.17, 15) is 22.7 Å². The highest BCUT2D eigenvalue weighted by atomic mass is 32.2. The number of hydrogen-bond acceptors (Lipinski definition) is 6. The Kier molecular flexibility index (Phi) is 5.02. The molecule has 5 rings (SSSR count). The van der Waals surface area contributed by atoms with Crippen LogP contribution < -0.4 is 4.72 Å². The Morgan fingerprint density at radius 1 is 1.00 bits per heavy atom. The quantitative estimate of drug-likeness (QED) is 0.368. The zero-order valence-electron chi connectivity index (χ0n) is 17.6. The summed E-state index contributed by atoms with van der Waals surface area (Å²) in [6, 6.07) is 17.1. The lowest BCUT2D eigenvalue weighted by molar-refractivity contribution is 0.0699. The number of halogens is 1. The SMILES string of the molecule is CS(=O)(=O)Nc1ccc(-c2cc(C(=O)O)c3c(ccc4nc(-c5ccccc5F)oc43)n2)cc1. The third-order valence-corrected chi connectivity index (χ3v) is 5.75. The zero-order chi connectivity index (χ0) is 24.0. The van der Waals surface area contributed by atoms with E-state index in [-0.39, 0.29) is 28.0 Å². The standard InChI is InChI=1S/C24H16FN3O5S/c1-34(31,32)28-14-8-6-13(7-9-14)20-12-16(24(29)30)21-18(26-20)10-11-19-22(21)33-23(27-19)15-4-2-3-5-17(15)25/h2-12,28H,1H3,(H,29,30). The number of aromatic carboxylic acids is 1. The zero-order valence-corrected chi connectivity index (χ0v) is 18.4. The fourth-order valence-electron chi connectivity index (χ4n) is 3.70. The van der Waals surface area contributed by atoms with E-state index in [2.05, 4.69) is 14.7 Å². The van der Waals surface area contributed by atoms with Crippen LogP contribution in [0.3, 0.4) is 0 Å². The van der Waals surface area contributed by atoms with Crippen LogP contribution in [0.4, 0.5) is 10.1 Å². The molecule has 0 radical (unpaired) electrons. The first-order valence-corrected chi connectivity index (χ1v) is 11.9. The second-order valence-corrected chi connectivity index (χ2v) is 9.37. The van der Waals surface area contributed by atoms with Gasteiger partial charge in [0.05, 0.1) is 34.0 Å². The van der Waals surface area contributed by atoms with Gasteiger partial charge in [0.2, 0.25) is 15.9 Å². The highest BCUT2D eigenvalue weighted by molar-refractivity contribution is 7.92. The van der Waals surface area contributed by atoms with Crippen LogP contribution in [0.25, 0.3) is 44.7 Å². The smallest absolute Gasteiger partial charge is 0.336 e. The Morgan fingerprint density at radius 3 is 2.38 bits per heavy atom. The van der Waals surface area contributed by atoms with Crippen LogP contribution in [0.1, 0.15) is 10.4 Å². The number of carboxylic acid groups (broad SMARTS) is 1. The van der Waals surface area contributed by atoms with Gasteiger partial charge in [-0.3, -0.25) is 4.72 Å². The minimum atomic E-state index is -3.43. The molecule has 0 spiro atoms. The van der Waals surface area contributed by atoms with Gasteiger partial charge in [-0.15, -0.1) is 0 Å². The Morgan fingerprint density at radius 2 is 1.71 bits per heavy atom. The maximum absolute atomic E-state index is 14.2. The number of aromatic nitrogens is 2. The predicted molar refractivity (Wildman–Crippen MR) is 126 cm³/mol. The molecule has 10 heteroatoms. The topological polar surface area (TPSA) is 122 Å². The summed E-state index contributed by atoms with van der Waals surface area (Å²) >= 11 is 0. The normalized spacial score (nSPS) is 11.7. The molecule has 34 heavy (non-hydrogen) atoms. The van der Waals surface area contributed by atoms with Gasteiger partial charge in [0.25, 0.3) is 0 Å². The molecule has 2 N–H and O–H groups in total. The molecule has 0 unspecified atom stereocenters. The molecule has 170 valence electrons. The summed E-state index contributed by atoms with van der Waals surface area (Å²) in [5.74, 6) is -1.67. The van der Waals surface area contributed by atoms with Crippen molar-refractivity contribution in [1.82, 2.24) is 9.97 Å². The van der Waals surface area contributed by atoms with Gasteiger partial charge in [-0.05, 0) is 42.5 Å². The van der Waals surface area contributed by atoms with Crippen molar-refractivity contribution in [1.29, 1.82) is 0 Å². The third-order valence-electron chi connectivity index (χ3n) is 5.15. The van der Waals surface area contributed by atoms with Gasteiger partial charge in [-0.25, -0.2) is 27.6 Å². The Hall–Kier alpha value is -4.31. The Balaban J connectivity index is 1.67. The van der Waals surface area contributed by atoms with Gasteiger partial charge in [-0.1, -0.05) is 24.3 Å². The molecule has 8 nitrogen and oxygen atoms in total. The summed E-state index contributed by atoms with van der Waals surface area (Å²) in [5, 5.41) is 10.2. The minimum Gasteiger partial charge on any atom is -0.478 e. The predicted octanol–water partition coefficient (Wildman–Crippen LogP) is 4.92. The summed E-state index contributed by atoms with van der Waals surface area (Å²) in [4.78, 5) is 21.1. The monoisotopic (exact) mass is 477 g/mol. The van der Waals surface area contributed by atoms with E-state index in [0.29, 0.717) is 28.0 Å². The summed E-state index contributed by atoms with van der Waals surface area (Å²) < 4.78 is 45.3. The van der Waals surface area contributed by atoms with Crippen LogP contribution in [-0.4, -0.2) is 35.7 Å². The average molecular weight is 477 g/mol. The lowest BCUT2D eigenvalue weighted by Crippen LogP contribution is -2.09. The number of nitrogens with zero attached hydrogens (tertiary/aromatic N) is 2. The molecule has 0 aliphatic carbocycles. The number of fused-ring (bicyclic) bond motifs is 3. The fourth-order valence-corrected chi connectivity index (χ4v) is 4.26. The average Bonchev–Trinajstić information content (AvgIpc) is 3.22. The van der Waals surface area contributed by atoms with Crippen molar-refractivity contribution < 1.29 is 27.1 Å². The molecule has 0 saturated carbocycles. The second kappa shape index (κ2) is 7.92. The number of anilines is 1. The summed E-state index contributed by atoms with van der Waals surface area (Å²) in [6.07, 6.45) is 1.05. The van der Waals surface area contributed by atoms with Crippen LogP contribution in [-0.2, 0) is 10.0 Å². The molecule has 2 heterocycles. The molecule has 0 aliphatic heterocycles. The van der Waals surface area contributed by atoms with Crippen molar-refractivity contribution in [3.05, 3.63) is 78.1 Å². The molecule has 5 aromatic rings. The van der Waals surface area contributed by atoms with Gasteiger partial charge < -0.3 is 9.52 Å². The number of pyridine rings is 1. The number of carboxylic acids is 1. The molecule has 2 aromatic heterocycles. The second-order valence-electron chi connectivity index (χ2n) is 7.62. The molecule has 0 atom stereocenters. The van der Waals surface area contributed by atoms with Crippen molar-refractivity contribution in [3.8, 4) is 22.7 Å². The van der Waals surface area contributed by atoms with Crippen LogP contribution in [0.5, 0.6) is 0 Å². The third kappa shape index (κ3) is 3.95. The number of benzene rings is 3. The van der Waals surface area contributed by atoms with Gasteiger partial charge in [0.1, 0.15) is 11.3 Å². The van der Waals surface area contributed by atoms with E-state index in [1.54, 1.807) is 48.5 Å². The molecular formula is C24H16FN3O5S. The van der Waals surface area contributed by atoms with Crippen molar-refractivity contribution >= 4 is 43.7 Å². The Bertz CT molecular complexity index is 1700. The molecule has 0 aliphatic rings. The van der Waals surface area contributed by atoms with Gasteiger partial charge in [0, 0.05) is 11.3 Å². The first-order valence-electron chi connectivity index (χ1n) is 10.0. The molecule has 0 saturated heterocycles. The number of hydrogen-bond donors (Lipinski definition) is 2. The van der Waals surface area contributed by atoms with Crippen molar-refractivity contribution in [2.24, 2.45) is 0 Å². The molecular weight excluding hydrogens is 461 g/mol. The van der Waals surface area contributed by atoms with E-state index in [4.69, 9.17) is 4.42 Å².